The lowest BCUT2D eigenvalue weighted by Gasteiger charge is -2.06. The fourth-order valence-corrected chi connectivity index (χ4v) is 1.60. The van der Waals surface area contributed by atoms with Gasteiger partial charge in [-0.2, -0.15) is 0 Å². The highest BCUT2D eigenvalue weighted by atomic mass is 79.9. The van der Waals surface area contributed by atoms with Crippen LogP contribution < -0.4 is 11.1 Å². The summed E-state index contributed by atoms with van der Waals surface area (Å²) in [5.74, 6) is -0.624. The van der Waals surface area contributed by atoms with Crippen molar-refractivity contribution in [1.29, 1.82) is 0 Å². The summed E-state index contributed by atoms with van der Waals surface area (Å²) in [5.41, 5.74) is 5.51. The fourth-order valence-electron chi connectivity index (χ4n) is 1.24. The predicted octanol–water partition coefficient (Wildman–Crippen LogP) is 2.66. The van der Waals surface area contributed by atoms with Crippen molar-refractivity contribution in [3.63, 3.8) is 0 Å². The van der Waals surface area contributed by atoms with Gasteiger partial charge < -0.3 is 11.1 Å². The molecule has 5 heteroatoms. The quantitative estimate of drug-likeness (QED) is 0.819. The molecule has 0 aliphatic heterocycles. The van der Waals surface area contributed by atoms with Gasteiger partial charge in [0.1, 0.15) is 5.82 Å². The van der Waals surface area contributed by atoms with Crippen molar-refractivity contribution in [1.82, 2.24) is 0 Å². The van der Waals surface area contributed by atoms with E-state index in [1.807, 2.05) is 0 Å². The number of carbonyl (C=O) groups excluding carboxylic acids is 1. The molecule has 0 bridgehead atoms. The zero-order valence-electron chi connectivity index (χ0n) is 8.80. The first-order valence-electron chi connectivity index (χ1n) is 5.08. The third kappa shape index (κ3) is 4.28. The van der Waals surface area contributed by atoms with Crippen LogP contribution in [0, 0.1) is 5.82 Å². The second-order valence-corrected chi connectivity index (χ2v) is 4.33. The van der Waals surface area contributed by atoms with E-state index in [0.29, 0.717) is 13.0 Å². The molecule has 0 heterocycles. The van der Waals surface area contributed by atoms with E-state index in [9.17, 15) is 9.18 Å². The Labute approximate surface area is 102 Å². The molecule has 0 aromatic heterocycles. The van der Waals surface area contributed by atoms with Crippen LogP contribution in [0.15, 0.2) is 22.7 Å². The van der Waals surface area contributed by atoms with Gasteiger partial charge in [-0.1, -0.05) is 15.9 Å². The van der Waals surface area contributed by atoms with E-state index in [2.05, 4.69) is 21.2 Å². The largest absolute Gasteiger partial charge is 0.330 e. The minimum atomic E-state index is -0.435. The van der Waals surface area contributed by atoms with Crippen LogP contribution >= 0.6 is 15.9 Å². The van der Waals surface area contributed by atoms with E-state index in [0.717, 1.165) is 17.3 Å². The van der Waals surface area contributed by atoms with Crippen molar-refractivity contribution < 1.29 is 9.18 Å². The number of amides is 1. The monoisotopic (exact) mass is 288 g/mol. The summed E-state index contributed by atoms with van der Waals surface area (Å²) in [7, 11) is 0. The van der Waals surface area contributed by atoms with Gasteiger partial charge in [0.05, 0.1) is 5.69 Å². The molecule has 1 aromatic rings. The molecule has 0 spiro atoms. The maximum absolute atomic E-state index is 13.3. The zero-order chi connectivity index (χ0) is 12.0. The Kier molecular flexibility index (Phi) is 5.42. The third-order valence-corrected chi connectivity index (χ3v) is 2.55. The van der Waals surface area contributed by atoms with Crippen LogP contribution in [0.2, 0.25) is 0 Å². The Hall–Kier alpha value is -0.940. The Bertz CT molecular complexity index is 371. The minimum Gasteiger partial charge on any atom is -0.330 e. The first-order valence-corrected chi connectivity index (χ1v) is 5.87. The van der Waals surface area contributed by atoms with Crippen molar-refractivity contribution in [2.45, 2.75) is 19.3 Å². The number of carbonyl (C=O) groups is 1. The van der Waals surface area contributed by atoms with Crippen LogP contribution in [0.25, 0.3) is 0 Å². The van der Waals surface area contributed by atoms with Crippen LogP contribution in [0.4, 0.5) is 10.1 Å². The molecular weight excluding hydrogens is 275 g/mol. The second kappa shape index (κ2) is 6.60. The Morgan fingerprint density at radius 2 is 2.19 bits per heavy atom. The first-order chi connectivity index (χ1) is 7.63. The summed E-state index contributed by atoms with van der Waals surface area (Å²) in [6, 6.07) is 4.43. The molecule has 0 aliphatic rings. The Balaban J connectivity index is 2.52. The van der Waals surface area contributed by atoms with Gasteiger partial charge in [-0.05, 0) is 37.6 Å². The van der Waals surface area contributed by atoms with E-state index in [1.54, 1.807) is 6.07 Å². The van der Waals surface area contributed by atoms with E-state index in [1.165, 1.54) is 12.1 Å². The molecular formula is C11H14BrFN2O. The van der Waals surface area contributed by atoms with E-state index >= 15 is 0 Å². The summed E-state index contributed by atoms with van der Waals surface area (Å²) in [5, 5.41) is 2.53. The van der Waals surface area contributed by atoms with Crippen molar-refractivity contribution in [2.75, 3.05) is 11.9 Å². The maximum Gasteiger partial charge on any atom is 0.224 e. The molecule has 1 aromatic carbocycles. The number of unbranched alkanes of at least 4 members (excludes halogenated alkanes) is 1. The number of hydrogen-bond acceptors (Lipinski definition) is 2. The highest BCUT2D eigenvalue weighted by Crippen LogP contribution is 2.20. The Morgan fingerprint density at radius 3 is 2.88 bits per heavy atom. The van der Waals surface area contributed by atoms with Gasteiger partial charge >= 0.3 is 0 Å². The van der Waals surface area contributed by atoms with Crippen LogP contribution in [-0.2, 0) is 4.79 Å². The molecule has 3 N–H and O–H groups in total. The Morgan fingerprint density at radius 1 is 1.44 bits per heavy atom. The number of benzene rings is 1. The molecule has 0 aliphatic carbocycles. The van der Waals surface area contributed by atoms with Gasteiger partial charge in [-0.15, -0.1) is 0 Å². The number of nitrogens with two attached hydrogens (primary N) is 1. The molecule has 0 radical (unpaired) electrons. The molecule has 88 valence electrons. The first kappa shape index (κ1) is 13.1. The van der Waals surface area contributed by atoms with Gasteiger partial charge in [0.25, 0.3) is 0 Å². The highest BCUT2D eigenvalue weighted by molar-refractivity contribution is 9.10. The van der Waals surface area contributed by atoms with Gasteiger partial charge in [0.15, 0.2) is 0 Å². The lowest BCUT2D eigenvalue weighted by molar-refractivity contribution is -0.116. The van der Waals surface area contributed by atoms with Crippen LogP contribution in [0.5, 0.6) is 0 Å². The molecule has 0 saturated heterocycles. The molecule has 0 atom stereocenters. The van der Waals surface area contributed by atoms with Gasteiger partial charge in [0.2, 0.25) is 5.91 Å². The lowest BCUT2D eigenvalue weighted by Crippen LogP contribution is -2.13. The smallest absolute Gasteiger partial charge is 0.224 e. The van der Waals surface area contributed by atoms with Crippen LogP contribution in [0.3, 0.4) is 0 Å². The fraction of sp³-hybridized carbons (Fsp3) is 0.364. The number of nitrogens with one attached hydrogen (secondary N) is 1. The summed E-state index contributed by atoms with van der Waals surface area (Å²) < 4.78 is 14.0. The van der Waals surface area contributed by atoms with Gasteiger partial charge in [0, 0.05) is 10.9 Å². The topological polar surface area (TPSA) is 55.1 Å². The summed E-state index contributed by atoms with van der Waals surface area (Å²) in [6.45, 7) is 0.568. The number of halogens is 2. The molecule has 1 amide bonds. The molecule has 16 heavy (non-hydrogen) atoms. The van der Waals surface area contributed by atoms with Crippen molar-refractivity contribution >= 4 is 27.5 Å². The maximum atomic E-state index is 13.3. The van der Waals surface area contributed by atoms with Crippen LogP contribution in [-0.4, -0.2) is 12.5 Å². The zero-order valence-corrected chi connectivity index (χ0v) is 10.4. The SMILES string of the molecule is NCCCCC(=O)Nc1cc(Br)ccc1F. The van der Waals surface area contributed by atoms with Gasteiger partial charge in [-0.25, -0.2) is 4.39 Å². The number of rotatable bonds is 5. The van der Waals surface area contributed by atoms with E-state index < -0.39 is 5.82 Å². The second-order valence-electron chi connectivity index (χ2n) is 3.42. The summed E-state index contributed by atoms with van der Waals surface area (Å²) >= 11 is 3.22. The van der Waals surface area contributed by atoms with E-state index in [-0.39, 0.29) is 11.6 Å². The average molecular weight is 289 g/mol. The average Bonchev–Trinajstić information content (AvgIpc) is 2.24. The minimum absolute atomic E-state index is 0.189. The van der Waals surface area contributed by atoms with Gasteiger partial charge in [-0.3, -0.25) is 4.79 Å². The predicted molar refractivity (Wildman–Crippen MR) is 65.6 cm³/mol. The summed E-state index contributed by atoms with van der Waals surface area (Å²) in [4.78, 5) is 11.4. The summed E-state index contributed by atoms with van der Waals surface area (Å²) in [6.07, 6.45) is 1.88. The molecule has 0 fully saturated rings. The van der Waals surface area contributed by atoms with Crippen molar-refractivity contribution in [3.8, 4) is 0 Å². The van der Waals surface area contributed by atoms with Crippen LogP contribution in [0.1, 0.15) is 19.3 Å². The van der Waals surface area contributed by atoms with Crippen molar-refractivity contribution in [2.24, 2.45) is 5.73 Å². The molecule has 3 nitrogen and oxygen atoms in total. The molecule has 0 saturated carbocycles. The number of hydrogen-bond donors (Lipinski definition) is 2. The third-order valence-electron chi connectivity index (χ3n) is 2.06. The number of anilines is 1. The van der Waals surface area contributed by atoms with Crippen molar-refractivity contribution in [3.05, 3.63) is 28.5 Å². The van der Waals surface area contributed by atoms with E-state index in [4.69, 9.17) is 5.73 Å². The molecule has 0 unspecified atom stereocenters. The molecule has 1 rings (SSSR count). The lowest BCUT2D eigenvalue weighted by atomic mass is 10.2. The highest BCUT2D eigenvalue weighted by Gasteiger charge is 2.06. The normalized spacial score (nSPS) is 10.2. The standard InChI is InChI=1S/C11H14BrFN2O/c12-8-4-5-9(13)10(7-8)15-11(16)3-1-2-6-14/h4-5,7H,1-3,6,14H2,(H,15,16).